The average molecular weight is 606 g/mol. The lowest BCUT2D eigenvalue weighted by molar-refractivity contribution is -0.384. The summed E-state index contributed by atoms with van der Waals surface area (Å²) in [5, 5.41) is 17.0. The number of carbonyl (C=O) groups excluding carboxylic acids is 1. The molecule has 0 aromatic heterocycles. The van der Waals surface area contributed by atoms with E-state index in [1.165, 1.54) is 40.4 Å². The van der Waals surface area contributed by atoms with E-state index >= 15 is 0 Å². The van der Waals surface area contributed by atoms with Crippen molar-refractivity contribution in [1.29, 1.82) is 0 Å². The Morgan fingerprint density at radius 1 is 0.795 bits per heavy atom. The van der Waals surface area contributed by atoms with Gasteiger partial charge in [-0.15, -0.1) is 0 Å². The first-order valence-corrected chi connectivity index (χ1v) is 14.9. The van der Waals surface area contributed by atoms with Gasteiger partial charge < -0.3 is 22.3 Å². The number of non-ortho nitro benzene ring substituents is 1. The fourth-order valence-corrected chi connectivity index (χ4v) is 9.55. The highest BCUT2D eigenvalue weighted by atomic mass is 79.9. The fraction of sp³-hybridized carbons (Fsp3) is 0.219. The van der Waals surface area contributed by atoms with Crippen LogP contribution in [-0.4, -0.2) is 23.0 Å². The van der Waals surface area contributed by atoms with Crippen molar-refractivity contribution in [2.24, 2.45) is 5.41 Å². The first-order valence-electron chi connectivity index (χ1n) is 12.8. The van der Waals surface area contributed by atoms with Gasteiger partial charge in [-0.1, -0.05) is 87.5 Å². The molecule has 0 aliphatic heterocycles. The number of benzene rings is 4. The number of carbonyl (C=O) groups is 1. The summed E-state index contributed by atoms with van der Waals surface area (Å²) >= 11 is 0. The van der Waals surface area contributed by atoms with Gasteiger partial charge in [0.1, 0.15) is 0 Å². The van der Waals surface area contributed by atoms with Gasteiger partial charge in [-0.25, -0.2) is 0 Å². The van der Waals surface area contributed by atoms with E-state index in [0.717, 1.165) is 12.3 Å². The molecular weight excluding hydrogens is 571 g/mol. The lowest BCUT2D eigenvalue weighted by Crippen LogP contribution is -3.00. The number of halogens is 1. The van der Waals surface area contributed by atoms with Crippen LogP contribution in [0.5, 0.6) is 0 Å². The summed E-state index contributed by atoms with van der Waals surface area (Å²) < 4.78 is 0. The summed E-state index contributed by atoms with van der Waals surface area (Å²) in [6.07, 6.45) is 1.65. The van der Waals surface area contributed by atoms with Gasteiger partial charge in [0.05, 0.1) is 41.2 Å². The number of hydrogen-bond donors (Lipinski definition) is 1. The van der Waals surface area contributed by atoms with Crippen LogP contribution in [0.1, 0.15) is 36.7 Å². The van der Waals surface area contributed by atoms with Crippen molar-refractivity contribution in [3.63, 3.8) is 0 Å². The van der Waals surface area contributed by atoms with Crippen molar-refractivity contribution in [1.82, 2.24) is 5.32 Å². The zero-order valence-corrected chi connectivity index (χ0v) is 24.9. The molecular formula is C32H34BrN2O3P. The molecule has 1 amide bonds. The van der Waals surface area contributed by atoms with Crippen LogP contribution in [0.2, 0.25) is 0 Å². The highest BCUT2D eigenvalue weighted by Crippen LogP contribution is 2.60. The third-order valence-corrected chi connectivity index (χ3v) is 11.4. The van der Waals surface area contributed by atoms with Crippen LogP contribution in [0.4, 0.5) is 5.69 Å². The van der Waals surface area contributed by atoms with Gasteiger partial charge >= 0.3 is 0 Å². The van der Waals surface area contributed by atoms with Crippen molar-refractivity contribution >= 4 is 29.5 Å². The molecule has 4 aromatic carbocycles. The minimum atomic E-state index is -2.05. The molecule has 0 aliphatic rings. The molecule has 1 atom stereocenters. The lowest BCUT2D eigenvalue weighted by atomic mass is 9.87. The number of nitrogens with one attached hydrogen (secondary N) is 1. The number of nitrogens with zero attached hydrogens (tertiary/aromatic N) is 1. The largest absolute Gasteiger partial charge is 1.00 e. The van der Waals surface area contributed by atoms with E-state index in [9.17, 15) is 14.9 Å². The van der Waals surface area contributed by atoms with Crippen molar-refractivity contribution in [3.05, 3.63) is 137 Å². The van der Waals surface area contributed by atoms with Crippen LogP contribution in [0.3, 0.4) is 0 Å². The van der Waals surface area contributed by atoms with Crippen molar-refractivity contribution < 1.29 is 26.7 Å². The quantitative estimate of drug-likeness (QED) is 0.180. The Hall–Kier alpha value is -3.34. The summed E-state index contributed by atoms with van der Waals surface area (Å²) in [6, 6.07) is 37.6. The molecule has 5 nitrogen and oxygen atoms in total. The molecule has 0 saturated heterocycles. The van der Waals surface area contributed by atoms with Crippen LogP contribution < -0.4 is 32.9 Å². The maximum Gasteiger partial charge on any atom is 0.269 e. The summed E-state index contributed by atoms with van der Waals surface area (Å²) in [5.41, 5.74) is 1.41. The molecule has 4 aromatic rings. The molecule has 1 N–H and O–H groups in total. The molecule has 202 valence electrons. The number of nitro groups is 1. The third kappa shape index (κ3) is 7.40. The van der Waals surface area contributed by atoms with E-state index in [2.05, 4.69) is 98.9 Å². The minimum Gasteiger partial charge on any atom is -1.00 e. The minimum absolute atomic E-state index is 0. The van der Waals surface area contributed by atoms with E-state index in [-0.39, 0.29) is 40.0 Å². The second-order valence-electron chi connectivity index (χ2n) is 10.7. The number of nitro benzene ring substituents is 1. The monoisotopic (exact) mass is 604 g/mol. The number of amides is 1. The molecule has 39 heavy (non-hydrogen) atoms. The predicted octanol–water partition coefficient (Wildman–Crippen LogP) is 3.61. The summed E-state index contributed by atoms with van der Waals surface area (Å²) in [4.78, 5) is 24.1. The Labute approximate surface area is 241 Å². The van der Waals surface area contributed by atoms with Gasteiger partial charge in [0, 0.05) is 17.7 Å². The molecule has 0 unspecified atom stereocenters. The zero-order valence-electron chi connectivity index (χ0n) is 22.5. The van der Waals surface area contributed by atoms with E-state index < -0.39 is 12.2 Å². The van der Waals surface area contributed by atoms with Gasteiger partial charge in [-0.05, 0) is 47.4 Å². The van der Waals surface area contributed by atoms with E-state index in [0.29, 0.717) is 5.56 Å². The Balaban J connectivity index is 0.00000420. The second-order valence-corrected chi connectivity index (χ2v) is 14.3. The van der Waals surface area contributed by atoms with Crippen LogP contribution in [0, 0.1) is 15.5 Å². The van der Waals surface area contributed by atoms with E-state index in [1.54, 1.807) is 0 Å². The van der Waals surface area contributed by atoms with Crippen molar-refractivity contribution in [3.8, 4) is 0 Å². The van der Waals surface area contributed by atoms with Gasteiger partial charge in [-0.3, -0.25) is 14.9 Å². The first kappa shape index (κ1) is 30.2. The SMILES string of the molecule is CC(C)(C)[C@@H](C[P+](Cc1ccccc1)(c1ccccc1)c1ccccc1)NC(=O)c1ccc([N+](=O)[O-])cc1.[Br-]. The Morgan fingerprint density at radius 3 is 1.69 bits per heavy atom. The number of hydrogen-bond acceptors (Lipinski definition) is 3. The molecule has 4 rings (SSSR count). The molecule has 0 fully saturated rings. The number of rotatable bonds is 9. The predicted molar refractivity (Wildman–Crippen MR) is 158 cm³/mol. The highest BCUT2D eigenvalue weighted by molar-refractivity contribution is 7.88. The van der Waals surface area contributed by atoms with Crippen LogP contribution in [-0.2, 0) is 6.16 Å². The maximum atomic E-state index is 13.4. The van der Waals surface area contributed by atoms with Gasteiger partial charge in [0.25, 0.3) is 11.6 Å². The smallest absolute Gasteiger partial charge is 0.269 e. The van der Waals surface area contributed by atoms with Crippen LogP contribution >= 0.6 is 7.26 Å². The average Bonchev–Trinajstić information content (AvgIpc) is 2.93. The maximum absolute atomic E-state index is 13.4. The normalized spacial score (nSPS) is 12.2. The Kier molecular flexibility index (Phi) is 10.2. The highest BCUT2D eigenvalue weighted by Gasteiger charge is 2.47. The topological polar surface area (TPSA) is 72.2 Å². The molecule has 0 bridgehead atoms. The fourth-order valence-electron chi connectivity index (χ4n) is 4.75. The summed E-state index contributed by atoms with van der Waals surface area (Å²) in [6.45, 7) is 6.46. The van der Waals surface area contributed by atoms with Crippen LogP contribution in [0.25, 0.3) is 0 Å². The van der Waals surface area contributed by atoms with Gasteiger partial charge in [-0.2, -0.15) is 0 Å². The van der Waals surface area contributed by atoms with Crippen LogP contribution in [0.15, 0.2) is 115 Å². The lowest BCUT2D eigenvalue weighted by Gasteiger charge is -2.37. The second kappa shape index (κ2) is 13.1. The first-order chi connectivity index (χ1) is 18.2. The van der Waals surface area contributed by atoms with E-state index in [1.807, 2.05) is 18.2 Å². The zero-order chi connectivity index (χ0) is 27.2. The van der Waals surface area contributed by atoms with Crippen molar-refractivity contribution in [2.45, 2.75) is 33.0 Å². The van der Waals surface area contributed by atoms with Gasteiger partial charge in [0.15, 0.2) is 0 Å². The molecule has 7 heteroatoms. The van der Waals surface area contributed by atoms with E-state index in [4.69, 9.17) is 0 Å². The molecule has 0 aliphatic carbocycles. The third-order valence-electron chi connectivity index (χ3n) is 6.98. The Morgan fingerprint density at radius 2 is 1.26 bits per heavy atom. The Bertz CT molecular complexity index is 1320. The molecule has 0 heterocycles. The van der Waals surface area contributed by atoms with Crippen molar-refractivity contribution in [2.75, 3.05) is 6.16 Å². The summed E-state index contributed by atoms with van der Waals surface area (Å²) in [7, 11) is -2.05. The summed E-state index contributed by atoms with van der Waals surface area (Å²) in [5.74, 6) is -0.223. The molecule has 0 saturated carbocycles. The standard InChI is InChI=1S/C32H33N2O3P.BrH/c1-32(2,3)30(33-31(35)26-19-21-27(22-20-26)34(36)37)24-38(28-15-9-5-10-16-28,29-17-11-6-12-18-29)23-25-13-7-4-8-14-25;/h4-22,30H,23-24H2,1-3H3;1H/t30-;/m1./s1. The van der Waals surface area contributed by atoms with Gasteiger partial charge in [0.2, 0.25) is 0 Å². The molecule has 0 radical (unpaired) electrons. The molecule has 0 spiro atoms.